The molecule has 1 fully saturated rings. The first-order chi connectivity index (χ1) is 16.1. The van der Waals surface area contributed by atoms with Gasteiger partial charge in [-0.25, -0.2) is 4.79 Å². The fourth-order valence-electron chi connectivity index (χ4n) is 4.28. The molecule has 5 rings (SSSR count). The lowest BCUT2D eigenvalue weighted by Gasteiger charge is -2.26. The van der Waals surface area contributed by atoms with Crippen LogP contribution in [0.2, 0.25) is 0 Å². The number of hydrogen-bond donors (Lipinski definition) is 1. The summed E-state index contributed by atoms with van der Waals surface area (Å²) >= 11 is 0. The Balaban J connectivity index is 1.49. The average molecular weight is 448 g/mol. The van der Waals surface area contributed by atoms with Crippen molar-refractivity contribution in [3.05, 3.63) is 64.8 Å². The number of anilines is 1. The molecule has 0 atom stereocenters. The predicted octanol–water partition coefficient (Wildman–Crippen LogP) is 2.68. The van der Waals surface area contributed by atoms with Crippen LogP contribution >= 0.6 is 0 Å². The highest BCUT2D eigenvalue weighted by atomic mass is 16.5. The van der Waals surface area contributed by atoms with Crippen LogP contribution in [0.3, 0.4) is 0 Å². The highest BCUT2D eigenvalue weighted by Crippen LogP contribution is 2.32. The molecule has 1 aliphatic heterocycles. The molecule has 2 aromatic carbocycles. The molecule has 9 nitrogen and oxygen atoms in total. The largest absolute Gasteiger partial charge is 0.449 e. The van der Waals surface area contributed by atoms with E-state index in [4.69, 9.17) is 9.15 Å². The number of nitrogens with one attached hydrogen (secondary N) is 1. The van der Waals surface area contributed by atoms with E-state index in [0.29, 0.717) is 55.0 Å². The number of furan rings is 1. The Morgan fingerprint density at radius 2 is 1.64 bits per heavy atom. The first-order valence-electron chi connectivity index (χ1n) is 10.9. The fourth-order valence-corrected chi connectivity index (χ4v) is 4.28. The Hall–Kier alpha value is -3.85. The van der Waals surface area contributed by atoms with Gasteiger partial charge in [-0.2, -0.15) is 0 Å². The van der Waals surface area contributed by atoms with Gasteiger partial charge in [0.2, 0.25) is 11.7 Å². The van der Waals surface area contributed by atoms with Gasteiger partial charge < -0.3 is 19.4 Å². The van der Waals surface area contributed by atoms with Gasteiger partial charge in [0, 0.05) is 25.0 Å². The molecule has 2 amide bonds. The summed E-state index contributed by atoms with van der Waals surface area (Å²) in [6.45, 7) is 4.02. The molecule has 3 heterocycles. The minimum atomic E-state index is -0.418. The molecule has 9 heteroatoms. The summed E-state index contributed by atoms with van der Waals surface area (Å²) in [7, 11) is 0. The molecule has 1 aliphatic rings. The van der Waals surface area contributed by atoms with Crippen LogP contribution in [0, 0.1) is 0 Å². The van der Waals surface area contributed by atoms with Crippen molar-refractivity contribution in [1.29, 1.82) is 0 Å². The molecule has 0 radical (unpaired) electrons. The molecule has 0 saturated carbocycles. The number of aromatic nitrogens is 2. The molecule has 0 spiro atoms. The maximum absolute atomic E-state index is 13.2. The first kappa shape index (κ1) is 21.0. The quantitative estimate of drug-likeness (QED) is 0.506. The number of morpholine rings is 1. The van der Waals surface area contributed by atoms with Gasteiger partial charge in [-0.1, -0.05) is 24.3 Å². The van der Waals surface area contributed by atoms with Crippen LogP contribution < -0.4 is 11.0 Å². The molecule has 0 bridgehead atoms. The zero-order chi connectivity index (χ0) is 22.9. The third-order valence-corrected chi connectivity index (χ3v) is 5.90. The van der Waals surface area contributed by atoms with Crippen molar-refractivity contribution in [2.75, 3.05) is 31.6 Å². The van der Waals surface area contributed by atoms with Crippen LogP contribution in [0.25, 0.3) is 22.0 Å². The summed E-state index contributed by atoms with van der Waals surface area (Å²) in [5, 5.41) is 3.47. The molecule has 2 aromatic heterocycles. The summed E-state index contributed by atoms with van der Waals surface area (Å²) in [5.41, 5.74) is 2.02. The molecule has 1 saturated heterocycles. The van der Waals surface area contributed by atoms with Crippen LogP contribution in [0.5, 0.6) is 0 Å². The van der Waals surface area contributed by atoms with E-state index in [-0.39, 0.29) is 23.9 Å². The number of carbonyl (C=O) groups excluding carboxylic acids is 2. The van der Waals surface area contributed by atoms with E-state index >= 15 is 0 Å². The van der Waals surface area contributed by atoms with E-state index in [2.05, 4.69) is 5.32 Å². The minimum Gasteiger partial charge on any atom is -0.449 e. The number of ether oxygens (including phenoxy) is 1. The third-order valence-electron chi connectivity index (χ3n) is 5.90. The number of para-hydroxylation sites is 3. The number of aryl methyl sites for hydroxylation is 1. The summed E-state index contributed by atoms with van der Waals surface area (Å²) in [6.07, 6.45) is 0. The number of carbonyl (C=O) groups is 2. The molecule has 0 unspecified atom stereocenters. The monoisotopic (exact) mass is 448 g/mol. The van der Waals surface area contributed by atoms with Crippen molar-refractivity contribution in [1.82, 2.24) is 14.0 Å². The highest BCUT2D eigenvalue weighted by Gasteiger charge is 2.28. The highest BCUT2D eigenvalue weighted by molar-refractivity contribution is 6.10. The smallest absolute Gasteiger partial charge is 0.329 e. The number of amides is 2. The lowest BCUT2D eigenvalue weighted by atomic mass is 10.2. The third kappa shape index (κ3) is 3.70. The number of benzene rings is 2. The number of imidazole rings is 1. The molecular formula is C24H24N4O5. The van der Waals surface area contributed by atoms with E-state index < -0.39 is 5.91 Å². The number of hydrogen-bond acceptors (Lipinski definition) is 5. The van der Waals surface area contributed by atoms with Gasteiger partial charge in [-0.15, -0.1) is 0 Å². The normalized spacial score (nSPS) is 14.2. The maximum Gasteiger partial charge on any atom is 0.329 e. The average Bonchev–Trinajstić information content (AvgIpc) is 3.34. The Labute approximate surface area is 189 Å². The fraction of sp³-hybridized carbons (Fsp3) is 0.292. The standard InChI is InChI=1S/C24H24N4O5/c1-2-27-17-8-4-5-9-18(17)28(24(27)31)15-20(29)25-21-16-7-3-6-10-19(16)33-22(21)23(30)26-11-13-32-14-12-26/h3-10H,2,11-15H2,1H3,(H,25,29). The van der Waals surface area contributed by atoms with Crippen LogP contribution in [0.4, 0.5) is 5.69 Å². The lowest BCUT2D eigenvalue weighted by Crippen LogP contribution is -2.40. The van der Waals surface area contributed by atoms with Gasteiger partial charge in [0.1, 0.15) is 17.8 Å². The van der Waals surface area contributed by atoms with Gasteiger partial charge in [0.05, 0.1) is 24.2 Å². The Bertz CT molecular complexity index is 1410. The van der Waals surface area contributed by atoms with Crippen LogP contribution in [0.15, 0.2) is 57.7 Å². The Kier molecular flexibility index (Phi) is 5.47. The molecular weight excluding hydrogens is 424 g/mol. The molecule has 170 valence electrons. The van der Waals surface area contributed by atoms with Crippen molar-refractivity contribution >= 4 is 39.5 Å². The second kappa shape index (κ2) is 8.59. The molecule has 4 aromatic rings. The Morgan fingerprint density at radius 3 is 2.36 bits per heavy atom. The van der Waals surface area contributed by atoms with Gasteiger partial charge in [0.25, 0.3) is 5.91 Å². The molecule has 1 N–H and O–H groups in total. The molecule has 0 aliphatic carbocycles. The van der Waals surface area contributed by atoms with E-state index in [1.54, 1.807) is 27.7 Å². The van der Waals surface area contributed by atoms with Crippen molar-refractivity contribution < 1.29 is 18.7 Å². The van der Waals surface area contributed by atoms with E-state index in [0.717, 1.165) is 5.52 Å². The van der Waals surface area contributed by atoms with Crippen molar-refractivity contribution in [2.45, 2.75) is 20.0 Å². The van der Waals surface area contributed by atoms with Crippen LogP contribution in [-0.2, 0) is 22.6 Å². The summed E-state index contributed by atoms with van der Waals surface area (Å²) in [4.78, 5) is 40.8. The lowest BCUT2D eigenvalue weighted by molar-refractivity contribution is -0.116. The van der Waals surface area contributed by atoms with Gasteiger partial charge in [0.15, 0.2) is 0 Å². The van der Waals surface area contributed by atoms with Gasteiger partial charge in [-0.3, -0.25) is 18.7 Å². The van der Waals surface area contributed by atoms with E-state index in [1.807, 2.05) is 37.3 Å². The van der Waals surface area contributed by atoms with Crippen LogP contribution in [-0.4, -0.2) is 52.2 Å². The van der Waals surface area contributed by atoms with Crippen molar-refractivity contribution in [3.63, 3.8) is 0 Å². The summed E-state index contributed by atoms with van der Waals surface area (Å²) in [5.74, 6) is -0.641. The van der Waals surface area contributed by atoms with Crippen molar-refractivity contribution in [2.24, 2.45) is 0 Å². The number of rotatable bonds is 5. The minimum absolute atomic E-state index is 0.0785. The Morgan fingerprint density at radius 1 is 0.970 bits per heavy atom. The summed E-state index contributed by atoms with van der Waals surface area (Å²) < 4.78 is 14.3. The molecule has 33 heavy (non-hydrogen) atoms. The van der Waals surface area contributed by atoms with Gasteiger partial charge >= 0.3 is 5.69 Å². The second-order valence-corrected chi connectivity index (χ2v) is 7.86. The van der Waals surface area contributed by atoms with Crippen LogP contribution in [0.1, 0.15) is 17.5 Å². The number of fused-ring (bicyclic) bond motifs is 2. The predicted molar refractivity (Wildman–Crippen MR) is 123 cm³/mol. The topological polar surface area (TPSA) is 98.7 Å². The van der Waals surface area contributed by atoms with E-state index in [1.165, 1.54) is 4.57 Å². The SMILES string of the molecule is CCn1c(=O)n(CC(=O)Nc2c(C(=O)N3CCOCC3)oc3ccccc23)c2ccccc21. The van der Waals surface area contributed by atoms with Crippen molar-refractivity contribution in [3.8, 4) is 0 Å². The second-order valence-electron chi connectivity index (χ2n) is 7.86. The zero-order valence-corrected chi connectivity index (χ0v) is 18.2. The summed E-state index contributed by atoms with van der Waals surface area (Å²) in [6, 6.07) is 14.5. The first-order valence-corrected chi connectivity index (χ1v) is 10.9. The zero-order valence-electron chi connectivity index (χ0n) is 18.2. The maximum atomic E-state index is 13.2. The van der Waals surface area contributed by atoms with Gasteiger partial charge in [-0.05, 0) is 31.2 Å². The van der Waals surface area contributed by atoms with E-state index in [9.17, 15) is 14.4 Å². The number of nitrogens with zero attached hydrogens (tertiary/aromatic N) is 3.